The Morgan fingerprint density at radius 2 is 1.50 bits per heavy atom. The lowest BCUT2D eigenvalue weighted by Gasteiger charge is -2.50. The van der Waals surface area contributed by atoms with Gasteiger partial charge in [0, 0.05) is 22.4 Å². The summed E-state index contributed by atoms with van der Waals surface area (Å²) in [4.78, 5) is 44.8. The molecule has 2 aromatic carbocycles. The number of benzene rings is 2. The Bertz CT molecular complexity index is 1990. The number of halogens is 2. The second kappa shape index (κ2) is 14.1. The van der Waals surface area contributed by atoms with Crippen molar-refractivity contribution in [1.29, 1.82) is 0 Å². The standard InChI is InChI=1S/C37H44Cl2N4O6S/c1-19-9-15-23(16-10-19)49-50(47)42-33(44)28-31(40)41-32-27(26(30(39)43(32)34(28)45)21-11-13-22(38)14-12-21)35(46)48-29-24(36(3,4)5)17-20(2)18-25(29)37(6,7)8/h9-16,20,24-25,29,41H,17-18,40H2,1-8H3,(H,42,44). The first-order chi connectivity index (χ1) is 23.3. The van der Waals surface area contributed by atoms with Crippen LogP contribution in [0.5, 0.6) is 5.75 Å². The third-order valence-electron chi connectivity index (χ3n) is 9.56. The fourth-order valence-corrected chi connectivity index (χ4v) is 8.02. The van der Waals surface area contributed by atoms with Crippen LogP contribution < -0.4 is 20.2 Å². The van der Waals surface area contributed by atoms with Crippen molar-refractivity contribution in [3.8, 4) is 16.9 Å². The molecular formula is C37H44Cl2N4O6S. The average Bonchev–Trinajstić information content (AvgIpc) is 3.30. The monoisotopic (exact) mass is 742 g/mol. The molecule has 2 heterocycles. The number of H-pyrrole nitrogens is 1. The first kappa shape index (κ1) is 37.5. The molecule has 3 unspecified atom stereocenters. The number of ether oxygens (including phenoxy) is 1. The molecule has 0 radical (unpaired) electrons. The van der Waals surface area contributed by atoms with Crippen LogP contribution in [0.2, 0.25) is 10.2 Å². The maximum Gasteiger partial charge on any atom is 0.342 e. The van der Waals surface area contributed by atoms with Gasteiger partial charge >= 0.3 is 17.2 Å². The van der Waals surface area contributed by atoms with E-state index in [9.17, 15) is 18.6 Å². The van der Waals surface area contributed by atoms with Crippen LogP contribution in [0.15, 0.2) is 53.3 Å². The molecule has 1 fully saturated rings. The number of hydrogen-bond donors (Lipinski definition) is 3. The highest BCUT2D eigenvalue weighted by atomic mass is 35.5. The minimum Gasteiger partial charge on any atom is -0.458 e. The molecule has 5 rings (SSSR count). The molecule has 3 atom stereocenters. The summed E-state index contributed by atoms with van der Waals surface area (Å²) in [6.07, 6.45) is 1.32. The highest BCUT2D eigenvalue weighted by Gasteiger charge is 2.48. The van der Waals surface area contributed by atoms with E-state index in [1.807, 2.05) is 6.92 Å². The van der Waals surface area contributed by atoms with Gasteiger partial charge in [0.2, 0.25) is 0 Å². The van der Waals surface area contributed by atoms with Crippen molar-refractivity contribution in [3.05, 3.63) is 85.8 Å². The Labute approximate surface area is 304 Å². The highest BCUT2D eigenvalue weighted by Crippen LogP contribution is 2.50. The van der Waals surface area contributed by atoms with Crippen LogP contribution in [0.1, 0.15) is 87.6 Å². The fourth-order valence-electron chi connectivity index (χ4n) is 6.95. The van der Waals surface area contributed by atoms with Crippen LogP contribution in [-0.2, 0) is 16.0 Å². The number of nitrogen functional groups attached to an aromatic ring is 1. The Morgan fingerprint density at radius 3 is 2.04 bits per heavy atom. The zero-order valence-electron chi connectivity index (χ0n) is 29.5. The average molecular weight is 744 g/mol. The van der Waals surface area contributed by atoms with Crippen molar-refractivity contribution < 1.29 is 22.7 Å². The van der Waals surface area contributed by atoms with Crippen LogP contribution in [0, 0.1) is 35.5 Å². The van der Waals surface area contributed by atoms with E-state index >= 15 is 0 Å². The zero-order chi connectivity index (χ0) is 36.9. The summed E-state index contributed by atoms with van der Waals surface area (Å²) in [5.74, 6) is -1.37. The van der Waals surface area contributed by atoms with E-state index in [1.165, 1.54) is 0 Å². The van der Waals surface area contributed by atoms with Crippen LogP contribution in [0.3, 0.4) is 0 Å². The number of aromatic nitrogens is 2. The van der Waals surface area contributed by atoms with E-state index < -0.39 is 40.4 Å². The van der Waals surface area contributed by atoms with Crippen molar-refractivity contribution in [1.82, 2.24) is 14.1 Å². The second-order valence-electron chi connectivity index (χ2n) is 15.4. The molecule has 0 saturated heterocycles. The number of anilines is 1. The summed E-state index contributed by atoms with van der Waals surface area (Å²) in [5, 5.41) is 0.300. The van der Waals surface area contributed by atoms with E-state index in [4.69, 9.17) is 37.9 Å². The van der Waals surface area contributed by atoms with Gasteiger partial charge in [0.25, 0.3) is 11.5 Å². The number of fused-ring (bicyclic) bond motifs is 1. The van der Waals surface area contributed by atoms with Gasteiger partial charge in [-0.25, -0.2) is 13.9 Å². The van der Waals surface area contributed by atoms with Gasteiger partial charge in [0.15, 0.2) is 0 Å². The van der Waals surface area contributed by atoms with Gasteiger partial charge in [0.1, 0.15) is 39.6 Å². The number of amides is 1. The number of esters is 1. The number of hydrogen-bond acceptors (Lipinski definition) is 7. The highest BCUT2D eigenvalue weighted by molar-refractivity contribution is 7.79. The van der Waals surface area contributed by atoms with E-state index in [0.29, 0.717) is 16.5 Å². The lowest BCUT2D eigenvalue weighted by molar-refractivity contribution is -0.0922. The molecule has 4 N–H and O–H groups in total. The normalized spacial score (nSPS) is 20.4. The SMILES string of the molecule is Cc1ccc(OS(=O)NC(=O)c2c(N)[nH]c3c(C(=O)OC4C(C(C)(C)C)CC(C)CC4C(C)(C)C)c(-c4ccc(Cl)cc4)c(Cl)n3c2=O)cc1. The quantitative estimate of drug-likeness (QED) is 0.162. The Hall–Kier alpha value is -3.80. The van der Waals surface area contributed by atoms with Gasteiger partial charge in [-0.05, 0) is 66.3 Å². The Kier molecular flexibility index (Phi) is 10.5. The molecular weight excluding hydrogens is 699 g/mol. The molecule has 50 heavy (non-hydrogen) atoms. The molecule has 1 aliphatic carbocycles. The second-order valence-corrected chi connectivity index (χ2v) is 17.0. The van der Waals surface area contributed by atoms with Crippen LogP contribution in [-0.4, -0.2) is 31.6 Å². The summed E-state index contributed by atoms with van der Waals surface area (Å²) in [6.45, 7) is 17.1. The number of nitrogens with two attached hydrogens (primary N) is 1. The van der Waals surface area contributed by atoms with Crippen LogP contribution in [0.25, 0.3) is 16.8 Å². The predicted octanol–water partition coefficient (Wildman–Crippen LogP) is 8.16. The minimum atomic E-state index is -2.37. The van der Waals surface area contributed by atoms with Crippen molar-refractivity contribution in [2.24, 2.45) is 28.6 Å². The number of rotatable bonds is 7. The number of aromatic amines is 1. The summed E-state index contributed by atoms with van der Waals surface area (Å²) in [6, 6.07) is 13.3. The summed E-state index contributed by atoms with van der Waals surface area (Å²) in [7, 11) is 0. The maximum absolute atomic E-state index is 14.6. The van der Waals surface area contributed by atoms with E-state index in [-0.39, 0.29) is 56.2 Å². The summed E-state index contributed by atoms with van der Waals surface area (Å²) < 4.78 is 27.7. The van der Waals surface area contributed by atoms with Gasteiger partial charge in [-0.2, -0.15) is 4.21 Å². The van der Waals surface area contributed by atoms with Gasteiger partial charge < -0.3 is 19.6 Å². The molecule has 13 heteroatoms. The number of aryl methyl sites for hydroxylation is 1. The van der Waals surface area contributed by atoms with Gasteiger partial charge in [-0.1, -0.05) is 101 Å². The minimum absolute atomic E-state index is 0.0155. The van der Waals surface area contributed by atoms with Crippen LogP contribution >= 0.6 is 23.2 Å². The lowest BCUT2D eigenvalue weighted by Crippen LogP contribution is -2.49. The predicted molar refractivity (Wildman–Crippen MR) is 199 cm³/mol. The van der Waals surface area contributed by atoms with Gasteiger partial charge in [-0.3, -0.25) is 9.59 Å². The molecule has 1 saturated carbocycles. The van der Waals surface area contributed by atoms with Gasteiger partial charge in [0.05, 0.1) is 0 Å². The van der Waals surface area contributed by atoms with E-state index in [2.05, 4.69) is 58.2 Å². The number of nitrogens with zero attached hydrogens (tertiary/aromatic N) is 1. The van der Waals surface area contributed by atoms with Crippen molar-refractivity contribution >= 4 is 57.8 Å². The molecule has 268 valence electrons. The molecule has 0 spiro atoms. The molecule has 1 amide bonds. The first-order valence-electron chi connectivity index (χ1n) is 16.5. The number of nitrogens with one attached hydrogen (secondary N) is 2. The third kappa shape index (κ3) is 7.60. The van der Waals surface area contributed by atoms with Crippen molar-refractivity contribution in [2.75, 3.05) is 5.73 Å². The molecule has 10 nitrogen and oxygen atoms in total. The number of carbonyl (C=O) groups is 2. The maximum atomic E-state index is 14.6. The van der Waals surface area contributed by atoms with Crippen molar-refractivity contribution in [2.45, 2.75) is 74.3 Å². The summed E-state index contributed by atoms with van der Waals surface area (Å²) >= 11 is 10.8. The molecule has 0 aliphatic heterocycles. The smallest absolute Gasteiger partial charge is 0.342 e. The summed E-state index contributed by atoms with van der Waals surface area (Å²) in [5.41, 5.74) is 6.02. The molecule has 1 aliphatic rings. The Balaban J connectivity index is 1.62. The van der Waals surface area contributed by atoms with E-state index in [0.717, 1.165) is 22.8 Å². The largest absolute Gasteiger partial charge is 0.458 e. The van der Waals surface area contributed by atoms with Crippen LogP contribution in [0.4, 0.5) is 5.82 Å². The van der Waals surface area contributed by atoms with Crippen molar-refractivity contribution in [3.63, 3.8) is 0 Å². The third-order valence-corrected chi connectivity index (χ3v) is 10.9. The molecule has 2 aromatic heterocycles. The lowest BCUT2D eigenvalue weighted by atomic mass is 9.59. The molecule has 4 aromatic rings. The topological polar surface area (TPSA) is 145 Å². The zero-order valence-corrected chi connectivity index (χ0v) is 31.8. The Morgan fingerprint density at radius 1 is 0.940 bits per heavy atom. The van der Waals surface area contributed by atoms with E-state index in [1.54, 1.807) is 48.5 Å². The fraction of sp³-hybridized carbons (Fsp3) is 0.432. The number of carbonyl (C=O) groups excluding carboxylic acids is 2. The van der Waals surface area contributed by atoms with Gasteiger partial charge in [-0.15, -0.1) is 0 Å². The first-order valence-corrected chi connectivity index (χ1v) is 18.3. The molecule has 0 bridgehead atoms.